The Morgan fingerprint density at radius 1 is 1.24 bits per heavy atom. The normalized spacial score (nSPS) is 10.4. The second-order valence-electron chi connectivity index (χ2n) is 4.92. The van der Waals surface area contributed by atoms with Gasteiger partial charge in [-0.3, -0.25) is 9.48 Å². The molecule has 1 amide bonds. The number of aromatic nitrogens is 2. The third-order valence-corrected chi connectivity index (χ3v) is 3.33. The Balaban J connectivity index is 1.92. The van der Waals surface area contributed by atoms with Gasteiger partial charge in [0.25, 0.3) is 5.91 Å². The number of amides is 1. The summed E-state index contributed by atoms with van der Waals surface area (Å²) in [5.74, 6) is -0.0450. The Hall–Kier alpha value is -2.30. The highest BCUT2D eigenvalue weighted by Gasteiger charge is 2.10. The quantitative estimate of drug-likeness (QED) is 0.820. The van der Waals surface area contributed by atoms with E-state index >= 15 is 0 Å². The van der Waals surface area contributed by atoms with Gasteiger partial charge in [0, 0.05) is 44.1 Å². The van der Waals surface area contributed by atoms with Gasteiger partial charge in [-0.25, -0.2) is 0 Å². The highest BCUT2D eigenvalue weighted by molar-refractivity contribution is 5.99. The van der Waals surface area contributed by atoms with Crippen LogP contribution in [0.2, 0.25) is 0 Å². The summed E-state index contributed by atoms with van der Waals surface area (Å²) in [7, 11) is 1.90. The minimum absolute atomic E-state index is 0.0450. The number of aryl methyl sites for hydroxylation is 1. The molecule has 1 aromatic carbocycles. The van der Waals surface area contributed by atoms with Gasteiger partial charge in [0.15, 0.2) is 0 Å². The zero-order valence-electron chi connectivity index (χ0n) is 12.6. The number of nitrogens with zero attached hydrogens (tertiary/aromatic N) is 2. The van der Waals surface area contributed by atoms with Gasteiger partial charge >= 0.3 is 0 Å². The first-order valence-corrected chi connectivity index (χ1v) is 7.30. The fourth-order valence-corrected chi connectivity index (χ4v) is 2.14. The van der Waals surface area contributed by atoms with Gasteiger partial charge in [-0.05, 0) is 24.6 Å². The van der Waals surface area contributed by atoms with E-state index in [4.69, 9.17) is 0 Å². The summed E-state index contributed by atoms with van der Waals surface area (Å²) in [5.41, 5.74) is 2.68. The van der Waals surface area contributed by atoms with Crippen LogP contribution in [0.4, 0.5) is 5.69 Å². The Bertz CT molecular complexity index is 591. The van der Waals surface area contributed by atoms with Gasteiger partial charge in [-0.1, -0.05) is 19.1 Å². The molecule has 5 heteroatoms. The first kappa shape index (κ1) is 15.1. The van der Waals surface area contributed by atoms with Gasteiger partial charge in [0.2, 0.25) is 0 Å². The number of para-hydroxylation sites is 1. The van der Waals surface area contributed by atoms with E-state index in [0.29, 0.717) is 12.1 Å². The van der Waals surface area contributed by atoms with Crippen LogP contribution in [0.5, 0.6) is 0 Å². The predicted molar refractivity (Wildman–Crippen MR) is 84.5 cm³/mol. The first-order valence-electron chi connectivity index (χ1n) is 7.30. The molecule has 0 aliphatic heterocycles. The summed E-state index contributed by atoms with van der Waals surface area (Å²) in [5, 5.41) is 10.4. The minimum Gasteiger partial charge on any atom is -0.384 e. The molecule has 2 aromatic rings. The van der Waals surface area contributed by atoms with Crippen LogP contribution in [0.1, 0.15) is 29.4 Å². The summed E-state index contributed by atoms with van der Waals surface area (Å²) in [6.07, 6.45) is 3.56. The van der Waals surface area contributed by atoms with Crippen molar-refractivity contribution >= 4 is 11.6 Å². The van der Waals surface area contributed by atoms with Crippen molar-refractivity contribution in [3.63, 3.8) is 0 Å². The molecule has 0 aliphatic rings. The van der Waals surface area contributed by atoms with E-state index < -0.39 is 0 Å². The Kier molecular flexibility index (Phi) is 5.37. The van der Waals surface area contributed by atoms with Crippen molar-refractivity contribution in [3.05, 3.63) is 47.8 Å². The summed E-state index contributed by atoms with van der Waals surface area (Å²) in [6, 6.07) is 9.56. The van der Waals surface area contributed by atoms with Crippen molar-refractivity contribution in [1.29, 1.82) is 0 Å². The maximum atomic E-state index is 12.3. The van der Waals surface area contributed by atoms with Crippen LogP contribution in [-0.2, 0) is 13.5 Å². The molecule has 2 N–H and O–H groups in total. The highest BCUT2D eigenvalue weighted by Crippen LogP contribution is 2.14. The summed E-state index contributed by atoms with van der Waals surface area (Å²) in [4.78, 5) is 12.3. The summed E-state index contributed by atoms with van der Waals surface area (Å²) in [6.45, 7) is 3.56. The summed E-state index contributed by atoms with van der Waals surface area (Å²) >= 11 is 0. The van der Waals surface area contributed by atoms with E-state index in [9.17, 15) is 4.79 Å². The van der Waals surface area contributed by atoms with E-state index in [2.05, 4.69) is 22.7 Å². The second-order valence-corrected chi connectivity index (χ2v) is 4.92. The van der Waals surface area contributed by atoms with E-state index in [-0.39, 0.29) is 5.91 Å². The second kappa shape index (κ2) is 7.47. The van der Waals surface area contributed by atoms with Crippen LogP contribution in [0.25, 0.3) is 0 Å². The van der Waals surface area contributed by atoms with Crippen LogP contribution in [0.3, 0.4) is 0 Å². The van der Waals surface area contributed by atoms with Crippen molar-refractivity contribution in [2.45, 2.75) is 19.8 Å². The lowest BCUT2D eigenvalue weighted by Crippen LogP contribution is -2.27. The molecule has 1 heterocycles. The molecule has 0 saturated heterocycles. The number of carbonyl (C=O) groups is 1. The average Bonchev–Trinajstić information content (AvgIpc) is 2.91. The van der Waals surface area contributed by atoms with Gasteiger partial charge in [0.1, 0.15) is 0 Å². The fraction of sp³-hybridized carbons (Fsp3) is 0.375. The topological polar surface area (TPSA) is 59.0 Å². The number of hydrogen-bond donors (Lipinski definition) is 2. The SMILES string of the molecule is CCCNc1ccccc1C(=O)NCCc1ccnn1C. The van der Waals surface area contributed by atoms with Crippen LogP contribution >= 0.6 is 0 Å². The predicted octanol–water partition coefficient (Wildman–Crippen LogP) is 2.21. The largest absolute Gasteiger partial charge is 0.384 e. The first-order chi connectivity index (χ1) is 10.2. The molecule has 2 rings (SSSR count). The zero-order valence-corrected chi connectivity index (χ0v) is 12.6. The Morgan fingerprint density at radius 3 is 2.76 bits per heavy atom. The number of hydrogen-bond acceptors (Lipinski definition) is 3. The molecule has 0 radical (unpaired) electrons. The smallest absolute Gasteiger partial charge is 0.253 e. The van der Waals surface area contributed by atoms with Gasteiger partial charge in [0.05, 0.1) is 5.56 Å². The maximum Gasteiger partial charge on any atom is 0.253 e. The lowest BCUT2D eigenvalue weighted by atomic mass is 10.1. The number of benzene rings is 1. The molecule has 0 bridgehead atoms. The van der Waals surface area contributed by atoms with E-state index in [1.54, 1.807) is 6.20 Å². The zero-order chi connectivity index (χ0) is 15.1. The molecule has 5 nitrogen and oxygen atoms in total. The monoisotopic (exact) mass is 286 g/mol. The molecule has 112 valence electrons. The highest BCUT2D eigenvalue weighted by atomic mass is 16.1. The van der Waals surface area contributed by atoms with Crippen molar-refractivity contribution in [1.82, 2.24) is 15.1 Å². The molecule has 0 atom stereocenters. The summed E-state index contributed by atoms with van der Waals surface area (Å²) < 4.78 is 1.82. The number of anilines is 1. The minimum atomic E-state index is -0.0450. The van der Waals surface area contributed by atoms with Crippen molar-refractivity contribution in [2.75, 3.05) is 18.4 Å². The Labute approximate surface area is 125 Å². The average molecular weight is 286 g/mol. The van der Waals surface area contributed by atoms with Crippen LogP contribution < -0.4 is 10.6 Å². The van der Waals surface area contributed by atoms with Crippen molar-refractivity contribution < 1.29 is 4.79 Å². The van der Waals surface area contributed by atoms with Crippen LogP contribution in [-0.4, -0.2) is 28.8 Å². The molecular weight excluding hydrogens is 264 g/mol. The van der Waals surface area contributed by atoms with E-state index in [0.717, 1.165) is 30.8 Å². The van der Waals surface area contributed by atoms with Gasteiger partial charge in [-0.2, -0.15) is 5.10 Å². The molecule has 21 heavy (non-hydrogen) atoms. The third kappa shape index (κ3) is 4.08. The molecule has 0 fully saturated rings. The molecule has 0 unspecified atom stereocenters. The van der Waals surface area contributed by atoms with E-state index in [1.807, 2.05) is 42.1 Å². The molecule has 0 saturated carbocycles. The van der Waals surface area contributed by atoms with E-state index in [1.165, 1.54) is 0 Å². The third-order valence-electron chi connectivity index (χ3n) is 3.33. The molecule has 0 aliphatic carbocycles. The lowest BCUT2D eigenvalue weighted by Gasteiger charge is -2.11. The molecule has 0 spiro atoms. The maximum absolute atomic E-state index is 12.3. The number of nitrogens with one attached hydrogen (secondary N) is 2. The van der Waals surface area contributed by atoms with Crippen LogP contribution in [0.15, 0.2) is 36.5 Å². The van der Waals surface area contributed by atoms with Gasteiger partial charge in [-0.15, -0.1) is 0 Å². The Morgan fingerprint density at radius 2 is 2.05 bits per heavy atom. The fourth-order valence-electron chi connectivity index (χ4n) is 2.14. The van der Waals surface area contributed by atoms with Crippen molar-refractivity contribution in [2.24, 2.45) is 7.05 Å². The lowest BCUT2D eigenvalue weighted by molar-refractivity contribution is 0.0954. The number of rotatable bonds is 7. The standard InChI is InChI=1S/C16H22N4O/c1-3-10-17-15-7-5-4-6-14(15)16(21)18-11-8-13-9-12-19-20(13)2/h4-7,9,12,17H,3,8,10-11H2,1-2H3,(H,18,21). The van der Waals surface area contributed by atoms with Crippen molar-refractivity contribution in [3.8, 4) is 0 Å². The van der Waals surface area contributed by atoms with Gasteiger partial charge < -0.3 is 10.6 Å². The number of carbonyl (C=O) groups excluding carboxylic acids is 1. The van der Waals surface area contributed by atoms with Crippen LogP contribution in [0, 0.1) is 0 Å². The molecule has 1 aromatic heterocycles. The molecular formula is C16H22N4O.